The highest BCUT2D eigenvalue weighted by molar-refractivity contribution is 5.89. The SMILES string of the molecule is CN1CC(=O)N2CC(=O)N(Cc3cccc(C(F)(F)F)c3)CC2N1C(=O)NCc1ccccc1. The summed E-state index contributed by atoms with van der Waals surface area (Å²) < 4.78 is 39.3. The molecule has 180 valence electrons. The zero-order valence-electron chi connectivity index (χ0n) is 18.5. The summed E-state index contributed by atoms with van der Waals surface area (Å²) in [6.45, 7) is -0.138. The first-order valence-corrected chi connectivity index (χ1v) is 10.7. The van der Waals surface area contributed by atoms with Gasteiger partial charge in [-0.3, -0.25) is 9.59 Å². The van der Waals surface area contributed by atoms with Gasteiger partial charge in [-0.15, -0.1) is 0 Å². The van der Waals surface area contributed by atoms with Crippen LogP contribution in [-0.4, -0.2) is 70.5 Å². The predicted octanol–water partition coefficient (Wildman–Crippen LogP) is 2.27. The van der Waals surface area contributed by atoms with E-state index in [9.17, 15) is 27.6 Å². The number of carbonyl (C=O) groups is 3. The number of nitrogens with one attached hydrogen (secondary N) is 1. The number of carbonyl (C=O) groups excluding carboxylic acids is 3. The van der Waals surface area contributed by atoms with Crippen molar-refractivity contribution in [3.05, 3.63) is 71.3 Å². The van der Waals surface area contributed by atoms with Crippen molar-refractivity contribution in [2.75, 3.05) is 26.7 Å². The van der Waals surface area contributed by atoms with Crippen molar-refractivity contribution in [2.45, 2.75) is 25.4 Å². The summed E-state index contributed by atoms with van der Waals surface area (Å²) in [6, 6.07) is 13.6. The lowest BCUT2D eigenvalue weighted by atomic mass is 10.1. The quantitative estimate of drug-likeness (QED) is 0.736. The van der Waals surface area contributed by atoms with Gasteiger partial charge in [-0.25, -0.2) is 14.8 Å². The van der Waals surface area contributed by atoms with Crippen LogP contribution in [0.1, 0.15) is 16.7 Å². The smallest absolute Gasteiger partial charge is 0.333 e. The van der Waals surface area contributed by atoms with Crippen LogP contribution in [0, 0.1) is 0 Å². The monoisotopic (exact) mass is 475 g/mol. The number of likely N-dealkylation sites (N-methyl/N-ethyl adjacent to an activating group) is 1. The summed E-state index contributed by atoms with van der Waals surface area (Å²) >= 11 is 0. The molecule has 1 atom stereocenters. The Morgan fingerprint density at radius 3 is 2.41 bits per heavy atom. The molecule has 0 aromatic heterocycles. The zero-order valence-corrected chi connectivity index (χ0v) is 18.5. The van der Waals surface area contributed by atoms with Crippen LogP contribution in [0.2, 0.25) is 0 Å². The van der Waals surface area contributed by atoms with Crippen LogP contribution in [0.5, 0.6) is 0 Å². The number of hydrogen-bond donors (Lipinski definition) is 1. The maximum Gasteiger partial charge on any atom is 0.416 e. The van der Waals surface area contributed by atoms with Gasteiger partial charge in [-0.2, -0.15) is 13.2 Å². The second-order valence-electron chi connectivity index (χ2n) is 8.28. The van der Waals surface area contributed by atoms with Gasteiger partial charge < -0.3 is 15.1 Å². The number of hydrogen-bond acceptors (Lipinski definition) is 4. The van der Waals surface area contributed by atoms with Gasteiger partial charge in [0.15, 0.2) is 0 Å². The van der Waals surface area contributed by atoms with E-state index < -0.39 is 29.8 Å². The Bertz CT molecular complexity index is 1080. The molecule has 2 fully saturated rings. The summed E-state index contributed by atoms with van der Waals surface area (Å²) in [5.74, 6) is -0.692. The molecule has 2 heterocycles. The molecule has 0 bridgehead atoms. The molecule has 2 aliphatic heterocycles. The fourth-order valence-electron chi connectivity index (χ4n) is 4.17. The van der Waals surface area contributed by atoms with E-state index in [2.05, 4.69) is 5.32 Å². The predicted molar refractivity (Wildman–Crippen MR) is 116 cm³/mol. The Balaban J connectivity index is 1.51. The summed E-state index contributed by atoms with van der Waals surface area (Å²) in [7, 11) is 1.60. The summed E-state index contributed by atoms with van der Waals surface area (Å²) in [5, 5.41) is 5.70. The number of rotatable bonds is 4. The van der Waals surface area contributed by atoms with Crippen LogP contribution < -0.4 is 5.32 Å². The van der Waals surface area contributed by atoms with Crippen molar-refractivity contribution in [1.29, 1.82) is 0 Å². The lowest BCUT2D eigenvalue weighted by molar-refractivity contribution is -0.178. The van der Waals surface area contributed by atoms with Crippen molar-refractivity contribution in [1.82, 2.24) is 25.1 Å². The first-order chi connectivity index (χ1) is 16.1. The Kier molecular flexibility index (Phi) is 6.47. The minimum Gasteiger partial charge on any atom is -0.333 e. The standard InChI is InChI=1S/C23H24F3N5O3/c1-28-14-21(33)30-15-20(32)29(12-17-8-5-9-18(10-17)23(24,25)26)13-19(30)31(28)22(34)27-11-16-6-3-2-4-7-16/h2-10,19H,11-15H2,1H3,(H,27,34). The third-order valence-electron chi connectivity index (χ3n) is 5.86. The van der Waals surface area contributed by atoms with Gasteiger partial charge in [0.05, 0.1) is 18.7 Å². The Hall–Kier alpha value is -3.60. The fraction of sp³-hybridized carbons (Fsp3) is 0.348. The van der Waals surface area contributed by atoms with Crippen LogP contribution in [0.4, 0.5) is 18.0 Å². The Morgan fingerprint density at radius 1 is 1.00 bits per heavy atom. The maximum atomic E-state index is 13.1. The number of nitrogens with zero attached hydrogens (tertiary/aromatic N) is 4. The molecule has 4 amide bonds. The molecule has 2 aromatic rings. The average molecular weight is 475 g/mol. The third-order valence-corrected chi connectivity index (χ3v) is 5.86. The van der Waals surface area contributed by atoms with Crippen LogP contribution in [0.3, 0.4) is 0 Å². The molecular formula is C23H24F3N5O3. The van der Waals surface area contributed by atoms with E-state index in [1.54, 1.807) is 7.05 Å². The number of piperazine rings is 1. The average Bonchev–Trinajstić information content (AvgIpc) is 2.79. The first kappa shape index (κ1) is 23.6. The summed E-state index contributed by atoms with van der Waals surface area (Å²) in [5.41, 5.74) is 0.409. The number of hydrazine groups is 1. The van der Waals surface area contributed by atoms with Crippen molar-refractivity contribution in [2.24, 2.45) is 0 Å². The molecule has 1 N–H and O–H groups in total. The number of benzene rings is 2. The van der Waals surface area contributed by atoms with Gasteiger partial charge in [-0.1, -0.05) is 42.5 Å². The highest BCUT2D eigenvalue weighted by atomic mass is 19.4. The van der Waals surface area contributed by atoms with Gasteiger partial charge in [0, 0.05) is 20.1 Å². The lowest BCUT2D eigenvalue weighted by Crippen LogP contribution is -2.73. The minimum absolute atomic E-state index is 0.0239. The molecule has 8 nitrogen and oxygen atoms in total. The molecule has 34 heavy (non-hydrogen) atoms. The first-order valence-electron chi connectivity index (χ1n) is 10.7. The van der Waals surface area contributed by atoms with Gasteiger partial charge in [0.25, 0.3) is 0 Å². The van der Waals surface area contributed by atoms with Crippen molar-refractivity contribution < 1.29 is 27.6 Å². The molecule has 4 rings (SSSR count). The number of urea groups is 1. The van der Waals surface area contributed by atoms with E-state index in [1.807, 2.05) is 30.3 Å². The van der Waals surface area contributed by atoms with E-state index in [-0.39, 0.29) is 38.6 Å². The van der Waals surface area contributed by atoms with E-state index in [1.165, 1.54) is 32.0 Å². The molecular weight excluding hydrogens is 451 g/mol. The number of amides is 4. The third kappa shape index (κ3) is 4.98. The van der Waals surface area contributed by atoms with Gasteiger partial charge >= 0.3 is 12.2 Å². The van der Waals surface area contributed by atoms with Crippen LogP contribution in [0.15, 0.2) is 54.6 Å². The zero-order chi connectivity index (χ0) is 24.5. The highest BCUT2D eigenvalue weighted by Gasteiger charge is 2.45. The molecule has 2 aromatic carbocycles. The molecule has 1 unspecified atom stereocenters. The van der Waals surface area contributed by atoms with Gasteiger partial charge in [0.2, 0.25) is 11.8 Å². The number of alkyl halides is 3. The van der Waals surface area contributed by atoms with E-state index in [0.29, 0.717) is 5.56 Å². The second kappa shape index (κ2) is 9.34. The number of halogens is 3. The Labute approximate surface area is 194 Å². The van der Waals surface area contributed by atoms with Gasteiger partial charge in [0.1, 0.15) is 12.7 Å². The van der Waals surface area contributed by atoms with E-state index >= 15 is 0 Å². The van der Waals surface area contributed by atoms with Crippen LogP contribution in [-0.2, 0) is 28.9 Å². The second-order valence-corrected chi connectivity index (χ2v) is 8.28. The van der Waals surface area contributed by atoms with Crippen molar-refractivity contribution in [3.8, 4) is 0 Å². The van der Waals surface area contributed by atoms with Crippen molar-refractivity contribution >= 4 is 17.8 Å². The molecule has 11 heteroatoms. The van der Waals surface area contributed by atoms with Crippen LogP contribution >= 0.6 is 0 Å². The summed E-state index contributed by atoms with van der Waals surface area (Å²) in [4.78, 5) is 41.1. The minimum atomic E-state index is -4.50. The normalized spacial score (nSPS) is 19.3. The molecule has 0 radical (unpaired) electrons. The largest absolute Gasteiger partial charge is 0.416 e. The highest BCUT2D eigenvalue weighted by Crippen LogP contribution is 2.30. The molecule has 0 aliphatic carbocycles. The van der Waals surface area contributed by atoms with E-state index in [0.717, 1.165) is 17.7 Å². The lowest BCUT2D eigenvalue weighted by Gasteiger charge is -2.51. The van der Waals surface area contributed by atoms with Gasteiger partial charge in [-0.05, 0) is 23.3 Å². The van der Waals surface area contributed by atoms with Crippen LogP contribution in [0.25, 0.3) is 0 Å². The molecule has 2 aliphatic rings. The molecule has 0 spiro atoms. The topological polar surface area (TPSA) is 76.2 Å². The van der Waals surface area contributed by atoms with Crippen molar-refractivity contribution in [3.63, 3.8) is 0 Å². The molecule has 0 saturated carbocycles. The maximum absolute atomic E-state index is 13.1. The fourth-order valence-corrected chi connectivity index (χ4v) is 4.17. The molecule has 2 saturated heterocycles. The number of fused-ring (bicyclic) bond motifs is 1. The van der Waals surface area contributed by atoms with E-state index in [4.69, 9.17) is 0 Å². The Morgan fingerprint density at radius 2 is 1.71 bits per heavy atom. The summed E-state index contributed by atoms with van der Waals surface area (Å²) in [6.07, 6.45) is -5.27.